The number of hydrogen-bond acceptors (Lipinski definition) is 1. The van der Waals surface area contributed by atoms with Crippen molar-refractivity contribution >= 4 is 8.07 Å². The molecule has 0 aliphatic heterocycles. The van der Waals surface area contributed by atoms with Crippen molar-refractivity contribution in [2.75, 3.05) is 7.11 Å². The third-order valence-electron chi connectivity index (χ3n) is 1.69. The first-order valence-electron chi connectivity index (χ1n) is 4.78. The van der Waals surface area contributed by atoms with E-state index in [1.54, 1.807) is 6.07 Å². The summed E-state index contributed by atoms with van der Waals surface area (Å²) in [5.74, 6) is 3.19. The molecule has 0 saturated heterocycles. The molecule has 0 aromatic heterocycles. The second-order valence-electron chi connectivity index (χ2n) is 4.38. The van der Waals surface area contributed by atoms with Crippen molar-refractivity contribution in [1.82, 2.24) is 0 Å². The van der Waals surface area contributed by atoms with Crippen LogP contribution in [0.2, 0.25) is 19.6 Å². The highest BCUT2D eigenvalue weighted by atomic mass is 28.3. The van der Waals surface area contributed by atoms with Crippen LogP contribution in [-0.4, -0.2) is 15.2 Å². The minimum atomic E-state index is -1.41. The number of benzene rings is 1. The van der Waals surface area contributed by atoms with E-state index in [0.29, 0.717) is 11.3 Å². The maximum absolute atomic E-state index is 13.1. The SMILES string of the molecule is COc1cc(F)cc(C#C[Si](C)(C)C)c1. The Morgan fingerprint density at radius 1 is 1.20 bits per heavy atom. The van der Waals surface area contributed by atoms with Gasteiger partial charge in [0.2, 0.25) is 0 Å². The predicted octanol–water partition coefficient (Wildman–Crippen LogP) is 3.06. The van der Waals surface area contributed by atoms with Gasteiger partial charge >= 0.3 is 0 Å². The number of ether oxygens (including phenoxy) is 1. The summed E-state index contributed by atoms with van der Waals surface area (Å²) in [7, 11) is 0.109. The van der Waals surface area contributed by atoms with E-state index in [9.17, 15) is 4.39 Å². The summed E-state index contributed by atoms with van der Waals surface area (Å²) in [4.78, 5) is 0. The molecule has 0 unspecified atom stereocenters. The third kappa shape index (κ3) is 4.18. The Labute approximate surface area is 91.3 Å². The largest absolute Gasteiger partial charge is 0.497 e. The Morgan fingerprint density at radius 3 is 2.40 bits per heavy atom. The Hall–Kier alpha value is -1.27. The van der Waals surface area contributed by atoms with Crippen LogP contribution in [0.25, 0.3) is 0 Å². The lowest BCUT2D eigenvalue weighted by Gasteiger charge is -2.04. The first kappa shape index (κ1) is 11.8. The van der Waals surface area contributed by atoms with Crippen molar-refractivity contribution in [2.45, 2.75) is 19.6 Å². The maximum Gasteiger partial charge on any atom is 0.129 e. The normalized spacial score (nSPS) is 10.5. The standard InChI is InChI=1S/C12H15FOSi/c1-14-12-8-10(7-11(13)9-12)5-6-15(2,3)4/h7-9H,1-4H3. The first-order valence-corrected chi connectivity index (χ1v) is 8.28. The Kier molecular flexibility index (Phi) is 3.54. The van der Waals surface area contributed by atoms with Gasteiger partial charge in [0.1, 0.15) is 19.6 Å². The summed E-state index contributed by atoms with van der Waals surface area (Å²) in [6.45, 7) is 6.45. The van der Waals surface area contributed by atoms with Crippen LogP contribution in [0.4, 0.5) is 4.39 Å². The molecule has 1 nitrogen and oxygen atoms in total. The Balaban J connectivity index is 3.04. The average Bonchev–Trinajstić information content (AvgIpc) is 2.13. The Bertz CT molecular complexity index is 410. The summed E-state index contributed by atoms with van der Waals surface area (Å²) in [5, 5.41) is 0. The van der Waals surface area contributed by atoms with Gasteiger partial charge in [-0.3, -0.25) is 0 Å². The molecule has 0 aliphatic carbocycles. The molecule has 0 amide bonds. The van der Waals surface area contributed by atoms with Crippen LogP contribution in [0.15, 0.2) is 18.2 Å². The zero-order valence-electron chi connectivity index (χ0n) is 9.52. The molecular weight excluding hydrogens is 207 g/mol. The van der Waals surface area contributed by atoms with Crippen LogP contribution in [-0.2, 0) is 0 Å². The molecule has 0 bridgehead atoms. The molecule has 3 heteroatoms. The van der Waals surface area contributed by atoms with Gasteiger partial charge in [0.25, 0.3) is 0 Å². The van der Waals surface area contributed by atoms with E-state index in [0.717, 1.165) is 0 Å². The predicted molar refractivity (Wildman–Crippen MR) is 63.2 cm³/mol. The van der Waals surface area contributed by atoms with Gasteiger partial charge in [0, 0.05) is 11.6 Å². The fraction of sp³-hybridized carbons (Fsp3) is 0.333. The molecule has 15 heavy (non-hydrogen) atoms. The molecule has 0 N–H and O–H groups in total. The maximum atomic E-state index is 13.1. The number of halogens is 1. The molecule has 0 saturated carbocycles. The third-order valence-corrected chi connectivity index (χ3v) is 2.56. The minimum Gasteiger partial charge on any atom is -0.497 e. The lowest BCUT2D eigenvalue weighted by molar-refractivity contribution is 0.411. The summed E-state index contributed by atoms with van der Waals surface area (Å²) in [6, 6.07) is 4.52. The number of rotatable bonds is 1. The fourth-order valence-electron chi connectivity index (χ4n) is 1.01. The second-order valence-corrected chi connectivity index (χ2v) is 9.13. The molecule has 1 rings (SSSR count). The van der Waals surface area contributed by atoms with Crippen LogP contribution in [0, 0.1) is 17.3 Å². The zero-order chi connectivity index (χ0) is 11.5. The van der Waals surface area contributed by atoms with E-state index in [1.807, 2.05) is 0 Å². The van der Waals surface area contributed by atoms with Crippen LogP contribution in [0.3, 0.4) is 0 Å². The highest BCUT2D eigenvalue weighted by molar-refractivity contribution is 6.83. The minimum absolute atomic E-state index is 0.311. The lowest BCUT2D eigenvalue weighted by Crippen LogP contribution is -2.16. The summed E-state index contributed by atoms with van der Waals surface area (Å²) >= 11 is 0. The van der Waals surface area contributed by atoms with Gasteiger partial charge in [-0.2, -0.15) is 0 Å². The molecule has 1 aromatic rings. The zero-order valence-corrected chi connectivity index (χ0v) is 10.5. The highest BCUT2D eigenvalue weighted by Crippen LogP contribution is 2.15. The summed E-state index contributed by atoms with van der Waals surface area (Å²) in [6.07, 6.45) is 0. The van der Waals surface area contributed by atoms with Gasteiger partial charge in [-0.25, -0.2) is 4.39 Å². The van der Waals surface area contributed by atoms with Gasteiger partial charge in [0.15, 0.2) is 0 Å². The van der Waals surface area contributed by atoms with E-state index in [2.05, 4.69) is 31.1 Å². The van der Waals surface area contributed by atoms with E-state index in [-0.39, 0.29) is 5.82 Å². The topological polar surface area (TPSA) is 9.23 Å². The molecule has 0 heterocycles. The first-order chi connectivity index (χ1) is 6.90. The molecule has 1 aromatic carbocycles. The number of hydrogen-bond donors (Lipinski definition) is 0. The van der Waals surface area contributed by atoms with E-state index in [1.165, 1.54) is 19.2 Å². The van der Waals surface area contributed by atoms with Gasteiger partial charge in [-0.05, 0) is 12.1 Å². The van der Waals surface area contributed by atoms with Crippen LogP contribution in [0.5, 0.6) is 5.75 Å². The monoisotopic (exact) mass is 222 g/mol. The average molecular weight is 222 g/mol. The van der Waals surface area contributed by atoms with Gasteiger partial charge in [-0.1, -0.05) is 25.6 Å². The highest BCUT2D eigenvalue weighted by Gasteiger charge is 2.07. The molecular formula is C12H15FOSi. The lowest BCUT2D eigenvalue weighted by atomic mass is 10.2. The van der Waals surface area contributed by atoms with Crippen LogP contribution >= 0.6 is 0 Å². The second kappa shape index (κ2) is 4.50. The van der Waals surface area contributed by atoms with Gasteiger partial charge in [0.05, 0.1) is 7.11 Å². The molecule has 80 valence electrons. The van der Waals surface area contributed by atoms with E-state index < -0.39 is 8.07 Å². The Morgan fingerprint density at radius 2 is 1.87 bits per heavy atom. The van der Waals surface area contributed by atoms with Crippen molar-refractivity contribution in [2.24, 2.45) is 0 Å². The summed E-state index contributed by atoms with van der Waals surface area (Å²) < 4.78 is 18.1. The summed E-state index contributed by atoms with van der Waals surface area (Å²) in [5.41, 5.74) is 3.86. The van der Waals surface area contributed by atoms with Crippen molar-refractivity contribution in [3.05, 3.63) is 29.6 Å². The molecule has 0 atom stereocenters. The van der Waals surface area contributed by atoms with Crippen molar-refractivity contribution in [3.63, 3.8) is 0 Å². The molecule has 0 fully saturated rings. The van der Waals surface area contributed by atoms with E-state index >= 15 is 0 Å². The van der Waals surface area contributed by atoms with Gasteiger partial charge in [-0.15, -0.1) is 5.54 Å². The molecule has 0 spiro atoms. The smallest absolute Gasteiger partial charge is 0.129 e. The molecule has 0 aliphatic rings. The quantitative estimate of drug-likeness (QED) is 0.524. The van der Waals surface area contributed by atoms with Crippen LogP contribution in [0.1, 0.15) is 5.56 Å². The van der Waals surface area contributed by atoms with Crippen molar-refractivity contribution < 1.29 is 9.13 Å². The number of methoxy groups -OCH3 is 1. The molecule has 0 radical (unpaired) electrons. The van der Waals surface area contributed by atoms with Crippen molar-refractivity contribution in [3.8, 4) is 17.2 Å². The van der Waals surface area contributed by atoms with E-state index in [4.69, 9.17) is 4.74 Å². The van der Waals surface area contributed by atoms with Crippen molar-refractivity contribution in [1.29, 1.82) is 0 Å². The van der Waals surface area contributed by atoms with Crippen LogP contribution < -0.4 is 4.74 Å². The van der Waals surface area contributed by atoms with Gasteiger partial charge < -0.3 is 4.74 Å². The fourth-order valence-corrected chi connectivity index (χ4v) is 1.53.